The number of unbranched alkanes of at least 4 members (excludes halogenated alkanes) is 23. The highest BCUT2D eigenvalue weighted by Gasteiger charge is 2.15. The molecule has 0 unspecified atom stereocenters. The molecule has 0 aliphatic carbocycles. The topological polar surface area (TPSA) is 33.0 Å². The van der Waals surface area contributed by atoms with Gasteiger partial charge in [-0.1, -0.05) is 162 Å². The monoisotopic (exact) mass is 621 g/mol. The number of amides is 1. The predicted molar refractivity (Wildman–Crippen MR) is 184 cm³/mol. The number of carbonyl (C=O) groups excluding carboxylic acids is 1. The summed E-state index contributed by atoms with van der Waals surface area (Å²) in [5, 5.41) is 3.20. The second-order valence-corrected chi connectivity index (χ2v) is 13.3. The Bertz CT molecular complexity index is 766. The summed E-state index contributed by atoms with van der Waals surface area (Å²) in [6.07, 6.45) is 36.0. The Morgan fingerprint density at radius 3 is 1.42 bits per heavy atom. The summed E-state index contributed by atoms with van der Waals surface area (Å²) in [6.45, 7) is 10.6. The number of halogens is 1. The molecule has 3 nitrogen and oxygen atoms in total. The predicted octanol–water partition coefficient (Wildman–Crippen LogP) is 8.44. The van der Waals surface area contributed by atoms with E-state index in [1.54, 1.807) is 0 Å². The Morgan fingerprint density at radius 1 is 0.581 bits per heavy atom. The van der Waals surface area contributed by atoms with Crippen LogP contribution in [-0.2, 0) is 17.8 Å². The SMILES string of the molecule is CCCCCCCCCCCCCCCC(=O)NCC[n+]1c(C)cc(C)cc1CCCCCCCCCCCCCC.[Cl-]. The molecule has 1 aromatic rings. The van der Waals surface area contributed by atoms with Gasteiger partial charge in [-0.15, -0.1) is 0 Å². The van der Waals surface area contributed by atoms with Crippen LogP contribution in [0.2, 0.25) is 0 Å². The van der Waals surface area contributed by atoms with E-state index in [-0.39, 0.29) is 18.3 Å². The third-order valence-electron chi connectivity index (χ3n) is 9.05. The molecular weight excluding hydrogens is 548 g/mol. The van der Waals surface area contributed by atoms with E-state index in [0.717, 1.165) is 25.9 Å². The van der Waals surface area contributed by atoms with E-state index in [0.29, 0.717) is 6.42 Å². The minimum atomic E-state index is 0. The van der Waals surface area contributed by atoms with Crippen LogP contribution in [0.3, 0.4) is 0 Å². The van der Waals surface area contributed by atoms with Crippen molar-refractivity contribution in [1.82, 2.24) is 5.32 Å². The van der Waals surface area contributed by atoms with E-state index in [4.69, 9.17) is 0 Å². The number of aromatic nitrogens is 1. The maximum atomic E-state index is 12.4. The van der Waals surface area contributed by atoms with Crippen LogP contribution in [0.25, 0.3) is 0 Å². The Labute approximate surface area is 275 Å². The van der Waals surface area contributed by atoms with Gasteiger partial charge in [0.15, 0.2) is 17.9 Å². The van der Waals surface area contributed by atoms with Gasteiger partial charge < -0.3 is 17.7 Å². The van der Waals surface area contributed by atoms with Crippen LogP contribution in [-0.4, -0.2) is 12.5 Å². The largest absolute Gasteiger partial charge is 1.00 e. The molecule has 1 rings (SSSR count). The molecular formula is C39H73ClN2O. The van der Waals surface area contributed by atoms with Crippen molar-refractivity contribution in [3.05, 3.63) is 29.1 Å². The molecule has 0 spiro atoms. The zero-order valence-corrected chi connectivity index (χ0v) is 30.2. The van der Waals surface area contributed by atoms with E-state index >= 15 is 0 Å². The van der Waals surface area contributed by atoms with Crippen LogP contribution >= 0.6 is 0 Å². The minimum absolute atomic E-state index is 0. The molecule has 1 N–H and O–H groups in total. The average molecular weight is 621 g/mol. The van der Waals surface area contributed by atoms with E-state index in [2.05, 4.69) is 49.7 Å². The summed E-state index contributed by atoms with van der Waals surface area (Å²) in [5.74, 6) is 0.228. The molecule has 0 atom stereocenters. The number of hydrogen-bond donors (Lipinski definition) is 1. The lowest BCUT2D eigenvalue weighted by molar-refractivity contribution is -0.707. The number of aryl methyl sites for hydroxylation is 3. The molecule has 0 radical (unpaired) electrons. The zero-order valence-electron chi connectivity index (χ0n) is 29.4. The standard InChI is InChI=1S/C39H72N2O.ClH/c1-5-7-9-11-13-15-17-19-21-23-25-27-29-31-39(42)40-32-33-41-37(4)34-36(3)35-38(41)30-28-26-24-22-20-18-16-14-12-10-8-6-2;/h34-35H,5-33H2,1-4H3;1H. The lowest BCUT2D eigenvalue weighted by Crippen LogP contribution is -3.00. The summed E-state index contributed by atoms with van der Waals surface area (Å²) in [5.41, 5.74) is 4.10. The van der Waals surface area contributed by atoms with Gasteiger partial charge in [-0.25, -0.2) is 0 Å². The summed E-state index contributed by atoms with van der Waals surface area (Å²) < 4.78 is 2.44. The quantitative estimate of drug-likeness (QED) is 0.0679. The van der Waals surface area contributed by atoms with Gasteiger partial charge in [0, 0.05) is 31.9 Å². The number of nitrogens with zero attached hydrogens (tertiary/aromatic N) is 1. The maximum absolute atomic E-state index is 12.4. The third kappa shape index (κ3) is 24.9. The van der Waals surface area contributed by atoms with Crippen molar-refractivity contribution in [3.8, 4) is 0 Å². The number of carbonyl (C=O) groups is 1. The van der Waals surface area contributed by atoms with E-state index in [1.165, 1.54) is 171 Å². The lowest BCUT2D eigenvalue weighted by Gasteiger charge is -2.10. The molecule has 4 heteroatoms. The van der Waals surface area contributed by atoms with Gasteiger partial charge in [0.1, 0.15) is 0 Å². The van der Waals surface area contributed by atoms with Gasteiger partial charge in [-0.05, 0) is 25.3 Å². The Kier molecular flexibility index (Phi) is 30.1. The number of hydrogen-bond acceptors (Lipinski definition) is 1. The molecule has 43 heavy (non-hydrogen) atoms. The van der Waals surface area contributed by atoms with Gasteiger partial charge in [0.05, 0.1) is 6.54 Å². The number of pyridine rings is 1. The van der Waals surface area contributed by atoms with E-state index in [9.17, 15) is 4.79 Å². The Morgan fingerprint density at radius 2 is 0.977 bits per heavy atom. The first kappa shape index (κ1) is 41.9. The van der Waals surface area contributed by atoms with Crippen LogP contribution in [0, 0.1) is 13.8 Å². The van der Waals surface area contributed by atoms with Crippen LogP contribution in [0.15, 0.2) is 12.1 Å². The molecule has 1 aromatic heterocycles. The molecule has 1 heterocycles. The normalized spacial score (nSPS) is 11.1. The van der Waals surface area contributed by atoms with Crippen molar-refractivity contribution in [2.45, 2.75) is 208 Å². The van der Waals surface area contributed by atoms with Crippen molar-refractivity contribution < 1.29 is 21.8 Å². The second-order valence-electron chi connectivity index (χ2n) is 13.3. The molecule has 0 aliphatic rings. The average Bonchev–Trinajstić information content (AvgIpc) is 2.97. The Balaban J connectivity index is 0.0000176. The molecule has 0 aliphatic heterocycles. The first-order chi connectivity index (χ1) is 20.6. The molecule has 0 saturated heterocycles. The van der Waals surface area contributed by atoms with Gasteiger partial charge in [-0.3, -0.25) is 4.79 Å². The minimum Gasteiger partial charge on any atom is -1.00 e. The summed E-state index contributed by atoms with van der Waals surface area (Å²) in [6, 6.07) is 4.64. The van der Waals surface area contributed by atoms with Gasteiger partial charge in [0.25, 0.3) is 0 Å². The van der Waals surface area contributed by atoms with E-state index in [1.807, 2.05) is 0 Å². The number of nitrogens with one attached hydrogen (secondary N) is 1. The van der Waals surface area contributed by atoms with Crippen LogP contribution in [0.5, 0.6) is 0 Å². The summed E-state index contributed by atoms with van der Waals surface area (Å²) in [7, 11) is 0. The maximum Gasteiger partial charge on any atom is 0.220 e. The van der Waals surface area contributed by atoms with Crippen LogP contribution in [0.1, 0.15) is 198 Å². The van der Waals surface area contributed by atoms with Crippen molar-refractivity contribution in [2.24, 2.45) is 0 Å². The second kappa shape index (κ2) is 30.9. The smallest absolute Gasteiger partial charge is 0.220 e. The first-order valence-electron chi connectivity index (χ1n) is 18.8. The molecule has 0 saturated carbocycles. The van der Waals surface area contributed by atoms with Crippen LogP contribution < -0.4 is 22.3 Å². The summed E-state index contributed by atoms with van der Waals surface area (Å²) >= 11 is 0. The van der Waals surface area contributed by atoms with E-state index < -0.39 is 0 Å². The molecule has 252 valence electrons. The van der Waals surface area contributed by atoms with Crippen molar-refractivity contribution >= 4 is 5.91 Å². The molecule has 1 amide bonds. The zero-order chi connectivity index (χ0) is 30.5. The highest BCUT2D eigenvalue weighted by Crippen LogP contribution is 2.15. The summed E-state index contributed by atoms with van der Waals surface area (Å²) in [4.78, 5) is 12.4. The number of rotatable bonds is 30. The third-order valence-corrected chi connectivity index (χ3v) is 9.05. The fraction of sp³-hybridized carbons (Fsp3) is 0.846. The fourth-order valence-electron chi connectivity index (χ4n) is 6.39. The first-order valence-corrected chi connectivity index (χ1v) is 18.8. The lowest BCUT2D eigenvalue weighted by atomic mass is 10.0. The fourth-order valence-corrected chi connectivity index (χ4v) is 6.39. The highest BCUT2D eigenvalue weighted by atomic mass is 35.5. The Hall–Kier alpha value is -1.09. The van der Waals surface area contributed by atoms with Gasteiger partial charge in [0.2, 0.25) is 5.91 Å². The molecule has 0 aromatic carbocycles. The highest BCUT2D eigenvalue weighted by molar-refractivity contribution is 5.75. The van der Waals surface area contributed by atoms with Crippen LogP contribution in [0.4, 0.5) is 0 Å². The van der Waals surface area contributed by atoms with Crippen molar-refractivity contribution in [2.75, 3.05) is 6.54 Å². The molecule has 0 fully saturated rings. The van der Waals surface area contributed by atoms with Crippen molar-refractivity contribution in [1.29, 1.82) is 0 Å². The van der Waals surface area contributed by atoms with Crippen molar-refractivity contribution in [3.63, 3.8) is 0 Å². The van der Waals surface area contributed by atoms with Gasteiger partial charge >= 0.3 is 0 Å². The molecule has 0 bridgehead atoms. The van der Waals surface area contributed by atoms with Gasteiger partial charge in [-0.2, -0.15) is 4.57 Å².